The van der Waals surface area contributed by atoms with E-state index in [0.717, 1.165) is 48.8 Å². The molecule has 1 fully saturated rings. The molecule has 1 saturated heterocycles. The lowest BCUT2D eigenvalue weighted by atomic mass is 10.1. The number of nitrogens with zero attached hydrogens (tertiary/aromatic N) is 2. The van der Waals surface area contributed by atoms with Gasteiger partial charge in [-0.2, -0.15) is 0 Å². The first kappa shape index (κ1) is 19.4. The number of benzene rings is 1. The van der Waals surface area contributed by atoms with Crippen molar-refractivity contribution in [2.45, 2.75) is 34.6 Å². The summed E-state index contributed by atoms with van der Waals surface area (Å²) in [5, 5.41) is 0. The van der Waals surface area contributed by atoms with E-state index in [4.69, 9.17) is 0 Å². The second-order valence-corrected chi connectivity index (χ2v) is 7.74. The van der Waals surface area contributed by atoms with Gasteiger partial charge >= 0.3 is 0 Å². The summed E-state index contributed by atoms with van der Waals surface area (Å²) in [4.78, 5) is 27.5. The van der Waals surface area contributed by atoms with Gasteiger partial charge in [0.2, 0.25) is 11.7 Å². The van der Waals surface area contributed by atoms with Crippen LogP contribution < -0.4 is 4.90 Å². The molecule has 1 amide bonds. The van der Waals surface area contributed by atoms with E-state index in [1.165, 1.54) is 16.0 Å². The van der Waals surface area contributed by atoms with Gasteiger partial charge in [-0.25, -0.2) is 0 Å². The number of hydrogen-bond donors (Lipinski definition) is 1. The number of quaternary nitrogens is 1. The Morgan fingerprint density at radius 2 is 1.67 bits per heavy atom. The number of aromatic nitrogens is 1. The van der Waals surface area contributed by atoms with Crippen LogP contribution in [0.5, 0.6) is 0 Å². The number of rotatable bonds is 4. The van der Waals surface area contributed by atoms with Gasteiger partial charge < -0.3 is 14.4 Å². The Labute approximate surface area is 161 Å². The fourth-order valence-corrected chi connectivity index (χ4v) is 3.94. The van der Waals surface area contributed by atoms with Crippen LogP contribution in [0.2, 0.25) is 0 Å². The Hall–Kier alpha value is -2.40. The second kappa shape index (κ2) is 7.69. The number of ketones is 1. The van der Waals surface area contributed by atoms with Crippen molar-refractivity contribution in [3.05, 3.63) is 52.3 Å². The molecule has 0 radical (unpaired) electrons. The van der Waals surface area contributed by atoms with Gasteiger partial charge in [0.25, 0.3) is 0 Å². The van der Waals surface area contributed by atoms with Gasteiger partial charge in [0.1, 0.15) is 6.54 Å². The highest BCUT2D eigenvalue weighted by Crippen LogP contribution is 2.22. The summed E-state index contributed by atoms with van der Waals surface area (Å²) in [7, 11) is 0. The molecule has 144 valence electrons. The monoisotopic (exact) mass is 368 g/mol. The molecule has 0 atom stereocenters. The topological polar surface area (TPSA) is 46.8 Å². The first-order valence-corrected chi connectivity index (χ1v) is 9.66. The standard InChI is InChI=1S/C22H29N3O2/c1-15-6-7-20(12-16(15)2)25-17(3)13-21(18(25)4)22(27)14-23-8-10-24(11-9-23)19(5)26/h6-7,12-13H,8-11,14H2,1-5H3/p+1. The molecule has 5 heteroatoms. The lowest BCUT2D eigenvalue weighted by molar-refractivity contribution is -0.895. The van der Waals surface area contributed by atoms with Crippen LogP contribution in [0.1, 0.15) is 39.8 Å². The van der Waals surface area contributed by atoms with Crippen LogP contribution in [-0.2, 0) is 4.79 Å². The van der Waals surface area contributed by atoms with Crippen LogP contribution in [0.3, 0.4) is 0 Å². The van der Waals surface area contributed by atoms with E-state index in [1.54, 1.807) is 6.92 Å². The van der Waals surface area contributed by atoms with Gasteiger partial charge in [0.15, 0.2) is 0 Å². The summed E-state index contributed by atoms with van der Waals surface area (Å²) in [6.45, 7) is 13.5. The molecule has 0 spiro atoms. The molecule has 0 aliphatic carbocycles. The number of aryl methyl sites for hydroxylation is 3. The number of carbonyl (C=O) groups excluding carboxylic acids is 2. The Bertz CT molecular complexity index is 874. The quantitative estimate of drug-likeness (QED) is 0.834. The van der Waals surface area contributed by atoms with Crippen LogP contribution in [0, 0.1) is 27.7 Å². The molecule has 0 bridgehead atoms. The Morgan fingerprint density at radius 1 is 1.00 bits per heavy atom. The second-order valence-electron chi connectivity index (χ2n) is 7.74. The summed E-state index contributed by atoms with van der Waals surface area (Å²) in [5.41, 5.74) is 6.52. The van der Waals surface area contributed by atoms with E-state index in [-0.39, 0.29) is 11.7 Å². The van der Waals surface area contributed by atoms with Crippen molar-refractivity contribution in [1.82, 2.24) is 9.47 Å². The fourth-order valence-electron chi connectivity index (χ4n) is 3.94. The van der Waals surface area contributed by atoms with Crippen LogP contribution in [-0.4, -0.2) is 53.9 Å². The van der Waals surface area contributed by atoms with Crippen molar-refractivity contribution < 1.29 is 14.5 Å². The molecule has 0 saturated carbocycles. The van der Waals surface area contributed by atoms with Crippen molar-refractivity contribution in [2.75, 3.05) is 32.7 Å². The lowest BCUT2D eigenvalue weighted by Crippen LogP contribution is -3.15. The molecular formula is C22H30N3O2+. The third kappa shape index (κ3) is 3.98. The molecule has 2 heterocycles. The first-order valence-electron chi connectivity index (χ1n) is 9.66. The maximum atomic E-state index is 13.0. The van der Waals surface area contributed by atoms with Gasteiger partial charge in [-0.15, -0.1) is 0 Å². The number of amides is 1. The Morgan fingerprint density at radius 3 is 2.26 bits per heavy atom. The van der Waals surface area contributed by atoms with Crippen molar-refractivity contribution in [1.29, 1.82) is 0 Å². The van der Waals surface area contributed by atoms with Crippen LogP contribution in [0.15, 0.2) is 24.3 Å². The molecule has 3 rings (SSSR count). The number of hydrogen-bond acceptors (Lipinski definition) is 2. The number of nitrogens with one attached hydrogen (secondary N) is 1. The summed E-state index contributed by atoms with van der Waals surface area (Å²) in [6.07, 6.45) is 0. The lowest BCUT2D eigenvalue weighted by Gasteiger charge is -2.31. The predicted molar refractivity (Wildman–Crippen MR) is 107 cm³/mol. The largest absolute Gasteiger partial charge is 0.332 e. The molecule has 27 heavy (non-hydrogen) atoms. The predicted octanol–water partition coefficient (Wildman–Crippen LogP) is 1.64. The highest BCUT2D eigenvalue weighted by molar-refractivity contribution is 5.98. The molecule has 1 aromatic heterocycles. The molecular weight excluding hydrogens is 338 g/mol. The van der Waals surface area contributed by atoms with E-state index < -0.39 is 0 Å². The fraction of sp³-hybridized carbons (Fsp3) is 0.455. The van der Waals surface area contributed by atoms with Crippen LogP contribution in [0.4, 0.5) is 0 Å². The smallest absolute Gasteiger partial charge is 0.219 e. The summed E-state index contributed by atoms with van der Waals surface area (Å²) < 4.78 is 2.17. The normalized spacial score (nSPS) is 15.2. The minimum Gasteiger partial charge on any atom is -0.332 e. The number of carbonyl (C=O) groups is 2. The molecule has 1 aliphatic heterocycles. The number of Topliss-reactive ketones (excluding diaryl/α,β-unsaturated/α-hetero) is 1. The zero-order valence-electron chi connectivity index (χ0n) is 17.1. The highest BCUT2D eigenvalue weighted by atomic mass is 16.2. The van der Waals surface area contributed by atoms with E-state index in [0.29, 0.717) is 6.54 Å². The first-order chi connectivity index (χ1) is 12.8. The van der Waals surface area contributed by atoms with Crippen molar-refractivity contribution in [3.8, 4) is 5.69 Å². The number of piperazine rings is 1. The van der Waals surface area contributed by atoms with Crippen molar-refractivity contribution in [2.24, 2.45) is 0 Å². The van der Waals surface area contributed by atoms with E-state index >= 15 is 0 Å². The summed E-state index contributed by atoms with van der Waals surface area (Å²) >= 11 is 0. The zero-order chi connectivity index (χ0) is 19.7. The minimum absolute atomic E-state index is 0.123. The van der Waals surface area contributed by atoms with Crippen molar-refractivity contribution in [3.63, 3.8) is 0 Å². The highest BCUT2D eigenvalue weighted by Gasteiger charge is 2.25. The zero-order valence-corrected chi connectivity index (χ0v) is 17.1. The van der Waals surface area contributed by atoms with E-state index in [9.17, 15) is 9.59 Å². The molecule has 1 N–H and O–H groups in total. The van der Waals surface area contributed by atoms with Gasteiger partial charge in [-0.1, -0.05) is 6.07 Å². The van der Waals surface area contributed by atoms with E-state index in [2.05, 4.69) is 43.5 Å². The van der Waals surface area contributed by atoms with Crippen LogP contribution in [0.25, 0.3) is 5.69 Å². The van der Waals surface area contributed by atoms with Gasteiger partial charge in [0, 0.05) is 29.6 Å². The SMILES string of the molecule is CC(=O)N1CC[NH+](CC(=O)c2cc(C)n(-c3ccc(C)c(C)c3)c2C)CC1. The van der Waals surface area contributed by atoms with E-state index in [1.807, 2.05) is 17.9 Å². The molecule has 5 nitrogen and oxygen atoms in total. The molecule has 2 aromatic rings. The molecule has 1 aromatic carbocycles. The third-order valence-corrected chi connectivity index (χ3v) is 5.81. The maximum absolute atomic E-state index is 13.0. The Kier molecular flexibility index (Phi) is 5.51. The minimum atomic E-state index is 0.123. The Balaban J connectivity index is 1.77. The average molecular weight is 369 g/mol. The molecule has 0 unspecified atom stereocenters. The van der Waals surface area contributed by atoms with Crippen molar-refractivity contribution >= 4 is 11.7 Å². The van der Waals surface area contributed by atoms with Crippen LogP contribution >= 0.6 is 0 Å². The maximum Gasteiger partial charge on any atom is 0.219 e. The summed E-state index contributed by atoms with van der Waals surface area (Å²) in [6, 6.07) is 8.43. The third-order valence-electron chi connectivity index (χ3n) is 5.81. The van der Waals surface area contributed by atoms with Gasteiger partial charge in [-0.05, 0) is 57.0 Å². The average Bonchev–Trinajstić information content (AvgIpc) is 2.92. The molecule has 1 aliphatic rings. The van der Waals surface area contributed by atoms with Gasteiger partial charge in [-0.3, -0.25) is 9.59 Å². The van der Waals surface area contributed by atoms with Gasteiger partial charge in [0.05, 0.1) is 26.2 Å². The summed E-state index contributed by atoms with van der Waals surface area (Å²) in [5.74, 6) is 0.307.